The summed E-state index contributed by atoms with van der Waals surface area (Å²) < 4.78 is 63.9. The molecule has 0 radical (unpaired) electrons. The van der Waals surface area contributed by atoms with Crippen LogP contribution in [0.25, 0.3) is 0 Å². The van der Waals surface area contributed by atoms with Crippen molar-refractivity contribution >= 4 is 0 Å². The van der Waals surface area contributed by atoms with Crippen molar-refractivity contribution in [2.75, 3.05) is 0 Å². The minimum absolute atomic E-state index is 0.411. The van der Waals surface area contributed by atoms with Crippen molar-refractivity contribution in [3.63, 3.8) is 0 Å². The Kier molecular flexibility index (Phi) is 3.28. The summed E-state index contributed by atoms with van der Waals surface area (Å²) in [5, 5.41) is 0. The molecule has 0 aliphatic rings. The van der Waals surface area contributed by atoms with Gasteiger partial charge in [0.05, 0.1) is 0 Å². The molecule has 0 aromatic heterocycles. The largest absolute Gasteiger partial charge is 0.328 e. The van der Waals surface area contributed by atoms with Gasteiger partial charge < -0.3 is 5.73 Å². The summed E-state index contributed by atoms with van der Waals surface area (Å²) >= 11 is 0. The van der Waals surface area contributed by atoms with Crippen molar-refractivity contribution < 1.29 is 22.0 Å². The Labute approximate surface area is 82.7 Å². The van der Waals surface area contributed by atoms with Crippen molar-refractivity contribution in [1.82, 2.24) is 0 Å². The van der Waals surface area contributed by atoms with Gasteiger partial charge in [-0.15, -0.1) is 0 Å². The van der Waals surface area contributed by atoms with Gasteiger partial charge in [0.25, 0.3) is 0 Å². The molecule has 1 aromatic rings. The molecule has 2 N–H and O–H groups in total. The van der Waals surface area contributed by atoms with Crippen LogP contribution in [-0.4, -0.2) is 6.04 Å². The van der Waals surface area contributed by atoms with Crippen LogP contribution < -0.4 is 5.73 Å². The van der Waals surface area contributed by atoms with Crippen LogP contribution in [0.1, 0.15) is 12.5 Å². The van der Waals surface area contributed by atoms with Crippen LogP contribution >= 0.6 is 0 Å². The van der Waals surface area contributed by atoms with Gasteiger partial charge in [0.1, 0.15) is 0 Å². The van der Waals surface area contributed by atoms with E-state index in [0.29, 0.717) is 0 Å². The Balaban J connectivity index is 3.39. The summed E-state index contributed by atoms with van der Waals surface area (Å²) in [4.78, 5) is 0. The van der Waals surface area contributed by atoms with Crippen LogP contribution in [0, 0.1) is 29.1 Å². The lowest BCUT2D eigenvalue weighted by Gasteiger charge is -2.09. The second-order valence-electron chi connectivity index (χ2n) is 3.23. The Hall–Kier alpha value is -1.17. The molecule has 0 heterocycles. The molecule has 1 aromatic carbocycles. The predicted octanol–water partition coefficient (Wildman–Crippen LogP) is 2.27. The summed E-state index contributed by atoms with van der Waals surface area (Å²) in [6.07, 6.45) is -0.411. The maximum atomic E-state index is 13.0. The zero-order valence-electron chi connectivity index (χ0n) is 7.75. The van der Waals surface area contributed by atoms with Gasteiger partial charge in [0, 0.05) is 11.6 Å². The van der Waals surface area contributed by atoms with Gasteiger partial charge in [0.15, 0.2) is 23.3 Å². The van der Waals surface area contributed by atoms with Gasteiger partial charge in [-0.3, -0.25) is 0 Å². The Morgan fingerprint density at radius 2 is 1.20 bits per heavy atom. The first-order valence-electron chi connectivity index (χ1n) is 4.12. The third-order valence-corrected chi connectivity index (χ3v) is 1.83. The maximum Gasteiger partial charge on any atom is 0.200 e. The second kappa shape index (κ2) is 4.14. The van der Waals surface area contributed by atoms with Gasteiger partial charge in [-0.05, 0) is 13.3 Å². The number of hydrogen-bond donors (Lipinski definition) is 1. The summed E-state index contributed by atoms with van der Waals surface area (Å²) in [7, 11) is 0. The van der Waals surface area contributed by atoms with E-state index >= 15 is 0 Å². The highest BCUT2D eigenvalue weighted by atomic mass is 19.2. The molecule has 6 heteroatoms. The minimum atomic E-state index is -2.15. The molecular weight excluding hydrogens is 217 g/mol. The predicted molar refractivity (Wildman–Crippen MR) is 43.6 cm³/mol. The van der Waals surface area contributed by atoms with Crippen molar-refractivity contribution in [3.05, 3.63) is 34.6 Å². The number of hydrogen-bond acceptors (Lipinski definition) is 1. The van der Waals surface area contributed by atoms with Crippen LogP contribution in [0.3, 0.4) is 0 Å². The van der Waals surface area contributed by atoms with Crippen LogP contribution in [0.5, 0.6) is 0 Å². The maximum absolute atomic E-state index is 13.0. The number of benzene rings is 1. The second-order valence-corrected chi connectivity index (χ2v) is 3.23. The van der Waals surface area contributed by atoms with E-state index in [1.165, 1.54) is 6.92 Å². The molecule has 0 aliphatic heterocycles. The van der Waals surface area contributed by atoms with Gasteiger partial charge in [0.2, 0.25) is 5.82 Å². The minimum Gasteiger partial charge on any atom is -0.328 e. The molecule has 84 valence electrons. The average Bonchev–Trinajstić information content (AvgIpc) is 2.18. The zero-order valence-corrected chi connectivity index (χ0v) is 7.75. The van der Waals surface area contributed by atoms with Crippen LogP contribution in [0.4, 0.5) is 22.0 Å². The smallest absolute Gasteiger partial charge is 0.200 e. The van der Waals surface area contributed by atoms with Crippen molar-refractivity contribution in [3.8, 4) is 0 Å². The highest BCUT2D eigenvalue weighted by Crippen LogP contribution is 2.23. The Morgan fingerprint density at radius 3 is 1.53 bits per heavy atom. The van der Waals surface area contributed by atoms with Crippen molar-refractivity contribution in [1.29, 1.82) is 0 Å². The molecule has 0 aliphatic carbocycles. The lowest BCUT2D eigenvalue weighted by Crippen LogP contribution is -2.21. The highest BCUT2D eigenvalue weighted by Gasteiger charge is 2.25. The van der Waals surface area contributed by atoms with Crippen molar-refractivity contribution in [2.45, 2.75) is 19.4 Å². The van der Waals surface area contributed by atoms with E-state index in [-0.39, 0.29) is 0 Å². The number of rotatable bonds is 2. The summed E-state index contributed by atoms with van der Waals surface area (Å²) in [5.74, 6) is -9.67. The molecule has 0 saturated carbocycles. The Bertz CT molecular complexity index is 360. The number of halogens is 5. The lowest BCUT2D eigenvalue weighted by molar-refractivity contribution is 0.368. The molecule has 15 heavy (non-hydrogen) atoms. The van der Waals surface area contributed by atoms with E-state index in [4.69, 9.17) is 5.73 Å². The summed E-state index contributed by atoms with van der Waals surface area (Å²) in [6.45, 7) is 1.40. The topological polar surface area (TPSA) is 26.0 Å². The third-order valence-electron chi connectivity index (χ3n) is 1.83. The molecule has 0 saturated heterocycles. The van der Waals surface area contributed by atoms with E-state index < -0.39 is 47.1 Å². The molecule has 1 atom stereocenters. The lowest BCUT2D eigenvalue weighted by atomic mass is 10.1. The molecular formula is C9H8F5N. The monoisotopic (exact) mass is 225 g/mol. The molecule has 0 bridgehead atoms. The normalized spacial score (nSPS) is 13.0. The van der Waals surface area contributed by atoms with E-state index in [1.807, 2.05) is 0 Å². The van der Waals surface area contributed by atoms with Gasteiger partial charge in [-0.25, -0.2) is 22.0 Å². The quantitative estimate of drug-likeness (QED) is 0.466. The fourth-order valence-electron chi connectivity index (χ4n) is 1.15. The Morgan fingerprint density at radius 1 is 0.867 bits per heavy atom. The van der Waals surface area contributed by atoms with E-state index in [1.54, 1.807) is 0 Å². The van der Waals surface area contributed by atoms with E-state index in [2.05, 4.69) is 0 Å². The van der Waals surface area contributed by atoms with Crippen molar-refractivity contribution in [2.24, 2.45) is 5.73 Å². The van der Waals surface area contributed by atoms with Crippen LogP contribution in [0.15, 0.2) is 0 Å². The van der Waals surface area contributed by atoms with E-state index in [9.17, 15) is 22.0 Å². The first-order valence-corrected chi connectivity index (χ1v) is 4.12. The van der Waals surface area contributed by atoms with Crippen LogP contribution in [-0.2, 0) is 6.42 Å². The molecule has 0 amide bonds. The molecule has 0 fully saturated rings. The SMILES string of the molecule is CC(N)Cc1c(F)c(F)c(F)c(F)c1F. The summed E-state index contributed by atoms with van der Waals surface area (Å²) in [6, 6.07) is -0.696. The molecule has 1 nitrogen and oxygen atoms in total. The molecule has 1 unspecified atom stereocenters. The van der Waals surface area contributed by atoms with Gasteiger partial charge >= 0.3 is 0 Å². The highest BCUT2D eigenvalue weighted by molar-refractivity contribution is 5.24. The summed E-state index contributed by atoms with van der Waals surface area (Å²) in [5.41, 5.74) is 4.35. The molecule has 1 rings (SSSR count). The zero-order chi connectivity index (χ0) is 11.7. The average molecular weight is 225 g/mol. The fourth-order valence-corrected chi connectivity index (χ4v) is 1.15. The standard InChI is InChI=1S/C9H8F5N/c1-3(15)2-4-5(10)7(12)9(14)8(13)6(4)11/h3H,2,15H2,1H3. The first-order chi connectivity index (χ1) is 6.86. The third kappa shape index (κ3) is 2.09. The van der Waals surface area contributed by atoms with Crippen LogP contribution in [0.2, 0.25) is 0 Å². The fraction of sp³-hybridized carbons (Fsp3) is 0.333. The van der Waals surface area contributed by atoms with Gasteiger partial charge in [-0.2, -0.15) is 0 Å². The number of nitrogens with two attached hydrogens (primary N) is 1. The first kappa shape index (κ1) is 11.9. The molecule has 0 spiro atoms. The van der Waals surface area contributed by atoms with Gasteiger partial charge in [-0.1, -0.05) is 0 Å². The van der Waals surface area contributed by atoms with E-state index in [0.717, 1.165) is 0 Å².